The third kappa shape index (κ3) is 2.19. The number of benzene rings is 1. The first-order chi connectivity index (χ1) is 7.20. The second-order valence-corrected chi connectivity index (χ2v) is 4.11. The molecule has 0 spiro atoms. The maximum Gasteiger partial charge on any atom is 0.258 e. The summed E-state index contributed by atoms with van der Waals surface area (Å²) < 4.78 is 5.82. The Morgan fingerprint density at radius 2 is 2.27 bits per heavy atom. The summed E-state index contributed by atoms with van der Waals surface area (Å²) in [5.74, 6) is 0.920. The molecule has 0 aliphatic rings. The molecule has 0 aliphatic carbocycles. The molecule has 6 heteroatoms. The van der Waals surface area contributed by atoms with E-state index in [4.69, 9.17) is 21.9 Å². The van der Waals surface area contributed by atoms with E-state index >= 15 is 0 Å². The average molecular weight is 289 g/mol. The maximum absolute atomic E-state index is 5.87. The predicted octanol–water partition coefficient (Wildman–Crippen LogP) is 2.61. The largest absolute Gasteiger partial charge is 0.334 e. The van der Waals surface area contributed by atoms with Crippen LogP contribution in [0.5, 0.6) is 0 Å². The van der Waals surface area contributed by atoms with Gasteiger partial charge < -0.3 is 10.3 Å². The molecule has 0 radical (unpaired) electrons. The van der Waals surface area contributed by atoms with E-state index in [2.05, 4.69) is 26.1 Å². The van der Waals surface area contributed by atoms with E-state index in [1.54, 1.807) is 12.1 Å². The Morgan fingerprint density at radius 3 is 2.87 bits per heavy atom. The van der Waals surface area contributed by atoms with Crippen LogP contribution in [0.4, 0.5) is 0 Å². The highest BCUT2D eigenvalue weighted by atomic mass is 79.9. The summed E-state index contributed by atoms with van der Waals surface area (Å²) in [6.07, 6.45) is 0. The molecule has 15 heavy (non-hydrogen) atoms. The van der Waals surface area contributed by atoms with Crippen LogP contribution in [0.3, 0.4) is 0 Å². The molecule has 2 rings (SSSR count). The molecule has 0 unspecified atom stereocenters. The number of rotatable bonds is 2. The van der Waals surface area contributed by atoms with Gasteiger partial charge in [0.25, 0.3) is 5.89 Å². The molecular weight excluding hydrogens is 281 g/mol. The number of hydrogen-bond donors (Lipinski definition) is 1. The van der Waals surface area contributed by atoms with Crippen LogP contribution in [0.25, 0.3) is 11.5 Å². The molecule has 2 aromatic rings. The topological polar surface area (TPSA) is 64.9 Å². The summed E-state index contributed by atoms with van der Waals surface area (Å²) in [4.78, 5) is 4.10. The number of aromatic nitrogens is 2. The van der Waals surface area contributed by atoms with Gasteiger partial charge in [0.1, 0.15) is 0 Å². The van der Waals surface area contributed by atoms with E-state index in [0.717, 1.165) is 10.0 Å². The minimum absolute atomic E-state index is 0.262. The monoisotopic (exact) mass is 287 g/mol. The van der Waals surface area contributed by atoms with Gasteiger partial charge in [-0.3, -0.25) is 0 Å². The lowest BCUT2D eigenvalue weighted by Crippen LogP contribution is -1.97. The minimum atomic E-state index is 0.262. The van der Waals surface area contributed by atoms with Crippen molar-refractivity contribution in [3.8, 4) is 11.5 Å². The van der Waals surface area contributed by atoms with Gasteiger partial charge in [-0.2, -0.15) is 4.98 Å². The summed E-state index contributed by atoms with van der Waals surface area (Å²) in [6.45, 7) is 0.262. The molecule has 4 nitrogen and oxygen atoms in total. The van der Waals surface area contributed by atoms with E-state index in [0.29, 0.717) is 16.7 Å². The van der Waals surface area contributed by atoms with Crippen LogP contribution in [-0.4, -0.2) is 10.1 Å². The van der Waals surface area contributed by atoms with Gasteiger partial charge in [0.05, 0.1) is 11.6 Å². The molecule has 1 heterocycles. The van der Waals surface area contributed by atoms with Crippen molar-refractivity contribution in [2.24, 2.45) is 5.73 Å². The highest BCUT2D eigenvalue weighted by molar-refractivity contribution is 9.10. The summed E-state index contributed by atoms with van der Waals surface area (Å²) in [6, 6.07) is 5.38. The van der Waals surface area contributed by atoms with Crippen molar-refractivity contribution in [2.45, 2.75) is 6.54 Å². The van der Waals surface area contributed by atoms with E-state index in [1.165, 1.54) is 0 Å². The number of halogens is 2. The van der Waals surface area contributed by atoms with Crippen LogP contribution in [0.15, 0.2) is 27.2 Å². The van der Waals surface area contributed by atoms with Crippen molar-refractivity contribution in [3.63, 3.8) is 0 Å². The van der Waals surface area contributed by atoms with Crippen molar-refractivity contribution in [2.75, 3.05) is 0 Å². The zero-order valence-electron chi connectivity index (χ0n) is 7.58. The fraction of sp³-hybridized carbons (Fsp3) is 0.111. The quantitative estimate of drug-likeness (QED) is 0.922. The lowest BCUT2D eigenvalue weighted by molar-refractivity contribution is 0.423. The van der Waals surface area contributed by atoms with Crippen LogP contribution in [-0.2, 0) is 6.54 Å². The lowest BCUT2D eigenvalue weighted by Gasteiger charge is -1.97. The lowest BCUT2D eigenvalue weighted by atomic mass is 10.2. The number of hydrogen-bond acceptors (Lipinski definition) is 4. The van der Waals surface area contributed by atoms with Crippen molar-refractivity contribution in [1.82, 2.24) is 10.1 Å². The van der Waals surface area contributed by atoms with E-state index < -0.39 is 0 Å². The Kier molecular flexibility index (Phi) is 3.04. The minimum Gasteiger partial charge on any atom is -0.334 e. The summed E-state index contributed by atoms with van der Waals surface area (Å²) >= 11 is 9.19. The van der Waals surface area contributed by atoms with Crippen LogP contribution in [0, 0.1) is 0 Å². The van der Waals surface area contributed by atoms with Crippen LogP contribution in [0.2, 0.25) is 5.02 Å². The number of nitrogens with two attached hydrogens (primary N) is 1. The molecule has 2 N–H and O–H groups in total. The highest BCUT2D eigenvalue weighted by Crippen LogP contribution is 2.27. The van der Waals surface area contributed by atoms with Gasteiger partial charge in [-0.05, 0) is 34.1 Å². The SMILES string of the molecule is NCc1noc(-c2ccc(Cl)c(Br)c2)n1. The first-order valence-corrected chi connectivity index (χ1v) is 5.36. The van der Waals surface area contributed by atoms with Crippen molar-refractivity contribution in [1.29, 1.82) is 0 Å². The summed E-state index contributed by atoms with van der Waals surface area (Å²) in [5, 5.41) is 4.34. The van der Waals surface area contributed by atoms with Gasteiger partial charge in [0.2, 0.25) is 0 Å². The van der Waals surface area contributed by atoms with Crippen molar-refractivity contribution in [3.05, 3.63) is 33.5 Å². The normalized spacial score (nSPS) is 10.6. The van der Waals surface area contributed by atoms with Gasteiger partial charge in [0, 0.05) is 10.0 Å². The number of nitrogens with zero attached hydrogens (tertiary/aromatic N) is 2. The zero-order valence-corrected chi connectivity index (χ0v) is 9.92. The standard InChI is InChI=1S/C9H7BrClN3O/c10-6-3-5(1-2-7(6)11)9-13-8(4-12)14-15-9/h1-3H,4,12H2. The third-order valence-corrected chi connectivity index (χ3v) is 3.03. The van der Waals surface area contributed by atoms with Crippen LogP contribution in [0.1, 0.15) is 5.82 Å². The Morgan fingerprint density at radius 1 is 1.47 bits per heavy atom. The second-order valence-electron chi connectivity index (χ2n) is 2.85. The van der Waals surface area contributed by atoms with Gasteiger partial charge in [-0.15, -0.1) is 0 Å². The molecular formula is C9H7BrClN3O. The molecule has 0 bridgehead atoms. The third-order valence-electron chi connectivity index (χ3n) is 1.82. The Labute approximate surface area is 99.5 Å². The van der Waals surface area contributed by atoms with E-state index in [9.17, 15) is 0 Å². The first-order valence-electron chi connectivity index (χ1n) is 4.19. The fourth-order valence-corrected chi connectivity index (χ4v) is 1.58. The Balaban J connectivity index is 2.40. The van der Waals surface area contributed by atoms with Gasteiger partial charge in [-0.25, -0.2) is 0 Å². The molecule has 1 aromatic heterocycles. The molecule has 0 aliphatic heterocycles. The molecule has 0 atom stereocenters. The predicted molar refractivity (Wildman–Crippen MR) is 60.3 cm³/mol. The van der Waals surface area contributed by atoms with E-state index in [-0.39, 0.29) is 6.54 Å². The Bertz CT molecular complexity index is 486. The Hall–Kier alpha value is -0.910. The maximum atomic E-state index is 5.87. The second kappa shape index (κ2) is 4.30. The average Bonchev–Trinajstić information content (AvgIpc) is 2.70. The molecule has 78 valence electrons. The molecule has 0 saturated carbocycles. The highest BCUT2D eigenvalue weighted by Gasteiger charge is 2.08. The molecule has 0 amide bonds. The van der Waals surface area contributed by atoms with Crippen LogP contribution >= 0.6 is 27.5 Å². The van der Waals surface area contributed by atoms with E-state index in [1.807, 2.05) is 6.07 Å². The zero-order chi connectivity index (χ0) is 10.8. The fourth-order valence-electron chi connectivity index (χ4n) is 1.08. The van der Waals surface area contributed by atoms with Crippen molar-refractivity contribution >= 4 is 27.5 Å². The molecule has 0 saturated heterocycles. The molecule has 0 fully saturated rings. The first kappa shape index (κ1) is 10.6. The summed E-state index contributed by atoms with van der Waals surface area (Å²) in [7, 11) is 0. The van der Waals surface area contributed by atoms with Crippen LogP contribution < -0.4 is 5.73 Å². The van der Waals surface area contributed by atoms with Crippen molar-refractivity contribution < 1.29 is 4.52 Å². The molecule has 1 aromatic carbocycles. The summed E-state index contributed by atoms with van der Waals surface area (Å²) in [5.41, 5.74) is 6.18. The van der Waals surface area contributed by atoms with Gasteiger partial charge in [-0.1, -0.05) is 16.8 Å². The smallest absolute Gasteiger partial charge is 0.258 e. The van der Waals surface area contributed by atoms with Gasteiger partial charge >= 0.3 is 0 Å². The van der Waals surface area contributed by atoms with Gasteiger partial charge in [0.15, 0.2) is 5.82 Å².